The standard InChI is InChI=1S/C14H27NO3/c1-3-17-13-11-12(15-18-10-9-16-2)14(13)7-5-4-6-8-14/h12-13,15H,3-11H2,1-2H3. The summed E-state index contributed by atoms with van der Waals surface area (Å²) in [5.41, 5.74) is 3.58. The number of methoxy groups -OCH3 is 1. The Kier molecular flexibility index (Phi) is 5.42. The number of rotatable bonds is 7. The first-order valence-corrected chi connectivity index (χ1v) is 7.31. The van der Waals surface area contributed by atoms with Crippen LogP contribution in [0.2, 0.25) is 0 Å². The van der Waals surface area contributed by atoms with Gasteiger partial charge in [-0.25, -0.2) is 0 Å². The van der Waals surface area contributed by atoms with Gasteiger partial charge in [0.1, 0.15) is 0 Å². The van der Waals surface area contributed by atoms with E-state index < -0.39 is 0 Å². The molecule has 2 aliphatic carbocycles. The van der Waals surface area contributed by atoms with Gasteiger partial charge in [0, 0.05) is 25.2 Å². The topological polar surface area (TPSA) is 39.7 Å². The maximum Gasteiger partial charge on any atom is 0.0915 e. The van der Waals surface area contributed by atoms with Crippen LogP contribution in [0.3, 0.4) is 0 Å². The van der Waals surface area contributed by atoms with Gasteiger partial charge in [-0.05, 0) is 26.2 Å². The maximum absolute atomic E-state index is 5.91. The molecule has 2 rings (SSSR count). The van der Waals surface area contributed by atoms with Gasteiger partial charge in [0.2, 0.25) is 0 Å². The average molecular weight is 257 g/mol. The Morgan fingerprint density at radius 1 is 1.17 bits per heavy atom. The van der Waals surface area contributed by atoms with Crippen LogP contribution < -0.4 is 5.48 Å². The van der Waals surface area contributed by atoms with Crippen LogP contribution in [-0.2, 0) is 14.3 Å². The molecule has 2 saturated carbocycles. The maximum atomic E-state index is 5.91. The highest BCUT2D eigenvalue weighted by atomic mass is 16.7. The van der Waals surface area contributed by atoms with Gasteiger partial charge in [-0.3, -0.25) is 4.84 Å². The Bertz CT molecular complexity index is 241. The fraction of sp³-hybridized carbons (Fsp3) is 1.00. The molecule has 0 aromatic heterocycles. The summed E-state index contributed by atoms with van der Waals surface area (Å²) in [6, 6.07) is 0.464. The van der Waals surface area contributed by atoms with Crippen molar-refractivity contribution in [2.75, 3.05) is 26.9 Å². The molecular weight excluding hydrogens is 230 g/mol. The Morgan fingerprint density at radius 3 is 2.61 bits per heavy atom. The Morgan fingerprint density at radius 2 is 1.94 bits per heavy atom. The summed E-state index contributed by atoms with van der Waals surface area (Å²) in [7, 11) is 1.69. The van der Waals surface area contributed by atoms with Crippen molar-refractivity contribution < 1.29 is 14.3 Å². The summed E-state index contributed by atoms with van der Waals surface area (Å²) >= 11 is 0. The zero-order chi connectivity index (χ0) is 12.8. The first-order valence-electron chi connectivity index (χ1n) is 7.31. The molecule has 2 aliphatic rings. The zero-order valence-corrected chi connectivity index (χ0v) is 11.7. The fourth-order valence-electron chi connectivity index (χ4n) is 3.51. The van der Waals surface area contributed by atoms with Gasteiger partial charge in [-0.1, -0.05) is 19.3 Å². The zero-order valence-electron chi connectivity index (χ0n) is 11.7. The molecule has 0 heterocycles. The van der Waals surface area contributed by atoms with Crippen LogP contribution in [0.1, 0.15) is 45.4 Å². The van der Waals surface area contributed by atoms with Crippen molar-refractivity contribution in [3.8, 4) is 0 Å². The Balaban J connectivity index is 1.82. The number of ether oxygens (including phenoxy) is 2. The molecular formula is C14H27NO3. The van der Waals surface area contributed by atoms with E-state index in [-0.39, 0.29) is 0 Å². The third-order valence-corrected chi connectivity index (χ3v) is 4.55. The van der Waals surface area contributed by atoms with Crippen LogP contribution in [0, 0.1) is 5.41 Å². The Labute approximate surface area is 110 Å². The predicted molar refractivity (Wildman–Crippen MR) is 70.3 cm³/mol. The van der Waals surface area contributed by atoms with Crippen molar-refractivity contribution in [3.05, 3.63) is 0 Å². The molecule has 0 aliphatic heterocycles. The number of hydrogen-bond donors (Lipinski definition) is 1. The first kappa shape index (κ1) is 14.3. The average Bonchev–Trinajstić information content (AvgIpc) is 2.42. The molecule has 4 nitrogen and oxygen atoms in total. The van der Waals surface area contributed by atoms with Crippen LogP contribution in [0.5, 0.6) is 0 Å². The molecule has 0 saturated heterocycles. The summed E-state index contributed by atoms with van der Waals surface area (Å²) in [5.74, 6) is 0. The molecule has 2 fully saturated rings. The van der Waals surface area contributed by atoms with Gasteiger partial charge in [0.25, 0.3) is 0 Å². The third kappa shape index (κ3) is 2.87. The van der Waals surface area contributed by atoms with Crippen LogP contribution >= 0.6 is 0 Å². The van der Waals surface area contributed by atoms with Crippen molar-refractivity contribution in [1.29, 1.82) is 0 Å². The minimum Gasteiger partial charge on any atom is -0.382 e. The Hall–Kier alpha value is -0.160. The van der Waals surface area contributed by atoms with Crippen LogP contribution in [0.4, 0.5) is 0 Å². The molecule has 0 amide bonds. The highest BCUT2D eigenvalue weighted by Gasteiger charge is 2.55. The third-order valence-electron chi connectivity index (χ3n) is 4.55. The number of hydrogen-bond acceptors (Lipinski definition) is 4. The van der Waals surface area contributed by atoms with E-state index in [4.69, 9.17) is 14.3 Å². The van der Waals surface area contributed by atoms with Crippen molar-refractivity contribution >= 4 is 0 Å². The van der Waals surface area contributed by atoms with Crippen LogP contribution in [0.15, 0.2) is 0 Å². The lowest BCUT2D eigenvalue weighted by Crippen LogP contribution is -2.64. The molecule has 2 unspecified atom stereocenters. The summed E-state index contributed by atoms with van der Waals surface area (Å²) in [6.45, 7) is 4.17. The smallest absolute Gasteiger partial charge is 0.0915 e. The second kappa shape index (κ2) is 6.85. The van der Waals surface area contributed by atoms with E-state index in [0.717, 1.165) is 13.0 Å². The second-order valence-electron chi connectivity index (χ2n) is 5.49. The molecule has 0 radical (unpaired) electrons. The monoisotopic (exact) mass is 257 g/mol. The quantitative estimate of drug-likeness (QED) is 0.561. The highest BCUT2D eigenvalue weighted by Crippen LogP contribution is 2.53. The highest BCUT2D eigenvalue weighted by molar-refractivity contribution is 5.07. The first-order chi connectivity index (χ1) is 8.83. The van der Waals surface area contributed by atoms with Gasteiger partial charge in [-0.2, -0.15) is 5.48 Å². The van der Waals surface area contributed by atoms with Crippen LogP contribution in [-0.4, -0.2) is 39.1 Å². The van der Waals surface area contributed by atoms with Crippen LogP contribution in [0.25, 0.3) is 0 Å². The lowest BCUT2D eigenvalue weighted by molar-refractivity contribution is -0.185. The van der Waals surface area contributed by atoms with E-state index >= 15 is 0 Å². The van der Waals surface area contributed by atoms with Gasteiger partial charge >= 0.3 is 0 Å². The van der Waals surface area contributed by atoms with Crippen molar-refractivity contribution in [1.82, 2.24) is 5.48 Å². The number of nitrogens with one attached hydrogen (secondary N) is 1. The van der Waals surface area contributed by atoms with E-state index in [2.05, 4.69) is 12.4 Å². The SMILES string of the molecule is CCOC1CC(NOCCOC)C12CCCCC2. The number of hydroxylamine groups is 1. The van der Waals surface area contributed by atoms with E-state index in [1.165, 1.54) is 32.1 Å². The summed E-state index contributed by atoms with van der Waals surface area (Å²) < 4.78 is 10.9. The van der Waals surface area contributed by atoms with E-state index in [1.54, 1.807) is 7.11 Å². The van der Waals surface area contributed by atoms with E-state index in [1.807, 2.05) is 0 Å². The minimum absolute atomic E-state index is 0.335. The molecule has 1 spiro atoms. The van der Waals surface area contributed by atoms with Crippen molar-refractivity contribution in [2.45, 2.75) is 57.6 Å². The molecule has 0 bridgehead atoms. The summed E-state index contributed by atoms with van der Waals surface area (Å²) in [4.78, 5) is 5.50. The second-order valence-corrected chi connectivity index (χ2v) is 5.49. The van der Waals surface area contributed by atoms with E-state index in [9.17, 15) is 0 Å². The fourth-order valence-corrected chi connectivity index (χ4v) is 3.51. The molecule has 18 heavy (non-hydrogen) atoms. The lowest BCUT2D eigenvalue weighted by Gasteiger charge is -2.57. The van der Waals surface area contributed by atoms with Crippen molar-refractivity contribution in [2.24, 2.45) is 5.41 Å². The van der Waals surface area contributed by atoms with E-state index in [0.29, 0.717) is 30.8 Å². The van der Waals surface area contributed by atoms with Gasteiger partial charge in [0.15, 0.2) is 0 Å². The molecule has 0 aromatic carbocycles. The normalized spacial score (nSPS) is 30.3. The summed E-state index contributed by atoms with van der Waals surface area (Å²) in [5, 5.41) is 0. The lowest BCUT2D eigenvalue weighted by atomic mass is 9.55. The van der Waals surface area contributed by atoms with Gasteiger partial charge in [0.05, 0.1) is 19.3 Å². The van der Waals surface area contributed by atoms with Crippen molar-refractivity contribution in [3.63, 3.8) is 0 Å². The minimum atomic E-state index is 0.335. The molecule has 0 aromatic rings. The van der Waals surface area contributed by atoms with Gasteiger partial charge in [-0.15, -0.1) is 0 Å². The molecule has 106 valence electrons. The predicted octanol–water partition coefficient (Wildman–Crippen LogP) is 2.28. The molecule has 1 N–H and O–H groups in total. The van der Waals surface area contributed by atoms with Gasteiger partial charge < -0.3 is 9.47 Å². The molecule has 2 atom stereocenters. The molecule has 4 heteroatoms. The largest absolute Gasteiger partial charge is 0.382 e. The summed E-state index contributed by atoms with van der Waals surface area (Å²) in [6.07, 6.45) is 8.12.